The van der Waals surface area contributed by atoms with Gasteiger partial charge < -0.3 is 4.74 Å². The minimum atomic E-state index is -0.367. The Kier molecular flexibility index (Phi) is 2.51. The van der Waals surface area contributed by atoms with E-state index in [1.54, 1.807) is 0 Å². The van der Waals surface area contributed by atoms with Gasteiger partial charge in [0.05, 0.1) is 6.42 Å². The van der Waals surface area contributed by atoms with Gasteiger partial charge in [-0.05, 0) is 39.0 Å². The summed E-state index contributed by atoms with van der Waals surface area (Å²) < 4.78 is 5.23. The molecule has 0 radical (unpaired) electrons. The van der Waals surface area contributed by atoms with Crippen LogP contribution in [0.4, 0.5) is 0 Å². The second kappa shape index (κ2) is 3.17. The van der Waals surface area contributed by atoms with Crippen molar-refractivity contribution in [3.63, 3.8) is 0 Å². The third-order valence-electron chi connectivity index (χ3n) is 2.24. The summed E-state index contributed by atoms with van der Waals surface area (Å²) in [6.45, 7) is 9.40. The molecule has 0 N–H and O–H groups in total. The fourth-order valence-corrected chi connectivity index (χ4v) is 1.28. The molecule has 0 heterocycles. The zero-order valence-corrected chi connectivity index (χ0v) is 8.72. The molecule has 1 aliphatic carbocycles. The second-order valence-electron chi connectivity index (χ2n) is 4.83. The summed E-state index contributed by atoms with van der Waals surface area (Å²) in [7, 11) is 0. The largest absolute Gasteiger partial charge is 0.460 e. The monoisotopic (exact) mass is 182 g/mol. The predicted molar refractivity (Wildman–Crippen MR) is 52.3 cm³/mol. The summed E-state index contributed by atoms with van der Waals surface area (Å²) in [5.74, 6) is -0.107. The summed E-state index contributed by atoms with van der Waals surface area (Å²) in [5.41, 5.74) is -0.295. The SMILES string of the molecule is C=CC1(CC(=O)OC(C)(C)C)CC1. The van der Waals surface area contributed by atoms with Crippen molar-refractivity contribution in [1.82, 2.24) is 0 Å². The van der Waals surface area contributed by atoms with Gasteiger partial charge in [-0.25, -0.2) is 0 Å². The van der Waals surface area contributed by atoms with Gasteiger partial charge in [-0.15, -0.1) is 6.58 Å². The van der Waals surface area contributed by atoms with E-state index < -0.39 is 0 Å². The van der Waals surface area contributed by atoms with Gasteiger partial charge >= 0.3 is 5.97 Å². The molecule has 0 atom stereocenters. The average molecular weight is 182 g/mol. The first kappa shape index (κ1) is 10.3. The second-order valence-corrected chi connectivity index (χ2v) is 4.83. The third kappa shape index (κ3) is 3.21. The van der Waals surface area contributed by atoms with Crippen molar-refractivity contribution in [3.8, 4) is 0 Å². The van der Waals surface area contributed by atoms with Gasteiger partial charge in [-0.1, -0.05) is 6.08 Å². The lowest BCUT2D eigenvalue weighted by Crippen LogP contribution is -2.25. The van der Waals surface area contributed by atoms with Crippen molar-refractivity contribution >= 4 is 5.97 Å². The summed E-state index contributed by atoms with van der Waals surface area (Å²) in [6, 6.07) is 0. The minimum absolute atomic E-state index is 0.0718. The van der Waals surface area contributed by atoms with Crippen LogP contribution in [0, 0.1) is 5.41 Å². The number of rotatable bonds is 3. The van der Waals surface area contributed by atoms with Gasteiger partial charge in [0.1, 0.15) is 5.60 Å². The summed E-state index contributed by atoms with van der Waals surface area (Å²) in [6.07, 6.45) is 4.54. The Bertz CT molecular complexity index is 219. The molecule has 0 aliphatic heterocycles. The predicted octanol–water partition coefficient (Wildman–Crippen LogP) is 2.68. The van der Waals surface area contributed by atoms with Crippen LogP contribution in [0.2, 0.25) is 0 Å². The maximum absolute atomic E-state index is 11.4. The van der Waals surface area contributed by atoms with Crippen molar-refractivity contribution in [2.75, 3.05) is 0 Å². The van der Waals surface area contributed by atoms with Crippen molar-refractivity contribution in [3.05, 3.63) is 12.7 Å². The molecule has 0 aromatic heterocycles. The van der Waals surface area contributed by atoms with Crippen molar-refractivity contribution in [1.29, 1.82) is 0 Å². The number of hydrogen-bond donors (Lipinski definition) is 0. The number of carbonyl (C=O) groups is 1. The van der Waals surface area contributed by atoms with Gasteiger partial charge in [0.15, 0.2) is 0 Å². The third-order valence-corrected chi connectivity index (χ3v) is 2.24. The van der Waals surface area contributed by atoms with Crippen molar-refractivity contribution < 1.29 is 9.53 Å². The molecule has 0 saturated heterocycles. The maximum atomic E-state index is 11.4. The van der Waals surface area contributed by atoms with E-state index in [1.165, 1.54) is 0 Å². The van der Waals surface area contributed by atoms with Crippen LogP contribution in [0.25, 0.3) is 0 Å². The standard InChI is InChI=1S/C11H18O2/c1-5-11(6-7-11)8-9(12)13-10(2,3)4/h5H,1,6-8H2,2-4H3. The van der Waals surface area contributed by atoms with E-state index in [4.69, 9.17) is 4.74 Å². The molecule has 2 heteroatoms. The fraction of sp³-hybridized carbons (Fsp3) is 0.727. The number of carbonyl (C=O) groups excluding carboxylic acids is 1. The molecule has 74 valence electrons. The number of allylic oxidation sites excluding steroid dienone is 1. The Morgan fingerprint density at radius 2 is 2.08 bits per heavy atom. The smallest absolute Gasteiger partial charge is 0.307 e. The first-order valence-corrected chi connectivity index (χ1v) is 4.72. The average Bonchev–Trinajstić information content (AvgIpc) is 2.65. The minimum Gasteiger partial charge on any atom is -0.460 e. The van der Waals surface area contributed by atoms with E-state index in [0.717, 1.165) is 12.8 Å². The molecule has 0 spiro atoms. The Morgan fingerprint density at radius 1 is 1.54 bits per heavy atom. The Balaban J connectivity index is 2.38. The van der Waals surface area contributed by atoms with E-state index in [-0.39, 0.29) is 17.0 Å². The highest BCUT2D eigenvalue weighted by atomic mass is 16.6. The molecule has 1 fully saturated rings. The highest BCUT2D eigenvalue weighted by Gasteiger charge is 2.42. The molecular weight excluding hydrogens is 164 g/mol. The molecule has 13 heavy (non-hydrogen) atoms. The van der Waals surface area contributed by atoms with Crippen LogP contribution in [-0.2, 0) is 9.53 Å². The number of ether oxygens (including phenoxy) is 1. The van der Waals surface area contributed by atoms with Crippen LogP contribution in [0.5, 0.6) is 0 Å². The molecule has 1 aliphatic rings. The lowest BCUT2D eigenvalue weighted by Gasteiger charge is -2.20. The maximum Gasteiger partial charge on any atom is 0.307 e. The zero-order chi connectivity index (χ0) is 10.1. The van der Waals surface area contributed by atoms with Crippen LogP contribution in [0.3, 0.4) is 0 Å². The van der Waals surface area contributed by atoms with Gasteiger partial charge in [0.2, 0.25) is 0 Å². The lowest BCUT2D eigenvalue weighted by molar-refractivity contribution is -0.155. The highest BCUT2D eigenvalue weighted by molar-refractivity contribution is 5.71. The topological polar surface area (TPSA) is 26.3 Å². The van der Waals surface area contributed by atoms with E-state index in [2.05, 4.69) is 6.58 Å². The molecule has 0 amide bonds. The van der Waals surface area contributed by atoms with Gasteiger partial charge in [0, 0.05) is 0 Å². The van der Waals surface area contributed by atoms with Crippen LogP contribution < -0.4 is 0 Å². The van der Waals surface area contributed by atoms with E-state index in [0.29, 0.717) is 6.42 Å². The summed E-state index contributed by atoms with van der Waals surface area (Å²) in [5, 5.41) is 0. The van der Waals surface area contributed by atoms with E-state index in [1.807, 2.05) is 26.8 Å². The van der Waals surface area contributed by atoms with Crippen LogP contribution >= 0.6 is 0 Å². The van der Waals surface area contributed by atoms with Crippen molar-refractivity contribution in [2.24, 2.45) is 5.41 Å². The Morgan fingerprint density at radius 3 is 2.38 bits per heavy atom. The Hall–Kier alpha value is -0.790. The normalized spacial score (nSPS) is 19.3. The number of hydrogen-bond acceptors (Lipinski definition) is 2. The molecule has 1 saturated carbocycles. The lowest BCUT2D eigenvalue weighted by atomic mass is 10.0. The molecule has 0 bridgehead atoms. The molecular formula is C11H18O2. The quantitative estimate of drug-likeness (QED) is 0.495. The van der Waals surface area contributed by atoms with Gasteiger partial charge in [-0.3, -0.25) is 4.79 Å². The van der Waals surface area contributed by atoms with E-state index >= 15 is 0 Å². The molecule has 0 aromatic rings. The van der Waals surface area contributed by atoms with E-state index in [9.17, 15) is 4.79 Å². The first-order valence-electron chi connectivity index (χ1n) is 4.72. The van der Waals surface area contributed by atoms with Gasteiger partial charge in [0.25, 0.3) is 0 Å². The molecule has 2 nitrogen and oxygen atoms in total. The summed E-state index contributed by atoms with van der Waals surface area (Å²) in [4.78, 5) is 11.4. The summed E-state index contributed by atoms with van der Waals surface area (Å²) >= 11 is 0. The van der Waals surface area contributed by atoms with Crippen LogP contribution in [0.15, 0.2) is 12.7 Å². The van der Waals surface area contributed by atoms with Crippen molar-refractivity contribution in [2.45, 2.75) is 45.6 Å². The van der Waals surface area contributed by atoms with Crippen LogP contribution in [-0.4, -0.2) is 11.6 Å². The number of esters is 1. The highest BCUT2D eigenvalue weighted by Crippen LogP contribution is 2.50. The molecule has 0 unspecified atom stereocenters. The van der Waals surface area contributed by atoms with Crippen LogP contribution in [0.1, 0.15) is 40.0 Å². The molecule has 1 rings (SSSR count). The fourth-order valence-electron chi connectivity index (χ4n) is 1.28. The Labute approximate surface area is 80.0 Å². The zero-order valence-electron chi connectivity index (χ0n) is 8.72. The van der Waals surface area contributed by atoms with Gasteiger partial charge in [-0.2, -0.15) is 0 Å². The molecule has 0 aromatic carbocycles. The first-order chi connectivity index (χ1) is 5.87.